The molecule has 4 rings (SSSR count). The molecule has 0 fully saturated rings. The van der Waals surface area contributed by atoms with E-state index in [2.05, 4.69) is 5.32 Å². The van der Waals surface area contributed by atoms with Crippen molar-refractivity contribution in [2.45, 2.75) is 63.4 Å². The molecular weight excluding hydrogens is 496 g/mol. The molecule has 1 atom stereocenters. The molecule has 1 aromatic carbocycles. The van der Waals surface area contributed by atoms with Crippen LogP contribution in [0.1, 0.15) is 44.1 Å². The zero-order valence-corrected chi connectivity index (χ0v) is 21.5. The van der Waals surface area contributed by atoms with Gasteiger partial charge in [-0.15, -0.1) is 11.3 Å². The number of nitrogens with zero attached hydrogens (tertiary/aromatic N) is 3. The number of rotatable bonds is 7. The summed E-state index contributed by atoms with van der Waals surface area (Å²) in [5.74, 6) is -0.106. The molecule has 0 aliphatic heterocycles. The smallest absolute Gasteiger partial charge is 0.271 e. The zero-order chi connectivity index (χ0) is 24.6. The van der Waals surface area contributed by atoms with E-state index in [1.807, 2.05) is 13.8 Å². The highest BCUT2D eigenvalue weighted by molar-refractivity contribution is 8.00. The van der Waals surface area contributed by atoms with Gasteiger partial charge < -0.3 is 5.32 Å². The molecule has 1 N–H and O–H groups in total. The number of aryl methyl sites for hydroxylation is 2. The largest absolute Gasteiger partial charge is 0.324 e. The van der Waals surface area contributed by atoms with E-state index >= 15 is 0 Å². The van der Waals surface area contributed by atoms with Gasteiger partial charge in [-0.25, -0.2) is 4.98 Å². The third-order valence-corrected chi connectivity index (χ3v) is 8.25. The Morgan fingerprint density at radius 1 is 1.32 bits per heavy atom. The van der Waals surface area contributed by atoms with E-state index < -0.39 is 10.2 Å². The number of anilines is 1. The van der Waals surface area contributed by atoms with Gasteiger partial charge in [0.15, 0.2) is 5.16 Å². The van der Waals surface area contributed by atoms with Crippen LogP contribution in [0.2, 0.25) is 5.02 Å². The molecule has 34 heavy (non-hydrogen) atoms. The topological polar surface area (TPSA) is 107 Å². The van der Waals surface area contributed by atoms with Crippen LogP contribution in [-0.2, 0) is 24.2 Å². The summed E-state index contributed by atoms with van der Waals surface area (Å²) >= 11 is 8.93. The van der Waals surface area contributed by atoms with Gasteiger partial charge >= 0.3 is 0 Å². The average Bonchev–Trinajstić information content (AvgIpc) is 3.15. The highest BCUT2D eigenvalue weighted by Crippen LogP contribution is 2.35. The Morgan fingerprint density at radius 2 is 2.06 bits per heavy atom. The Labute approximate surface area is 209 Å². The van der Waals surface area contributed by atoms with Gasteiger partial charge in [0.1, 0.15) is 4.83 Å². The monoisotopic (exact) mass is 520 g/mol. The van der Waals surface area contributed by atoms with E-state index in [1.54, 1.807) is 22.8 Å². The van der Waals surface area contributed by atoms with Gasteiger partial charge in [0, 0.05) is 23.6 Å². The fraction of sp³-hybridized carbons (Fsp3) is 0.435. The summed E-state index contributed by atoms with van der Waals surface area (Å²) in [4.78, 5) is 43.6. The molecule has 180 valence electrons. The number of hydrogen-bond donors (Lipinski definition) is 1. The van der Waals surface area contributed by atoms with Gasteiger partial charge in [-0.1, -0.05) is 37.2 Å². The zero-order valence-electron chi connectivity index (χ0n) is 19.1. The average molecular weight is 521 g/mol. The van der Waals surface area contributed by atoms with Gasteiger partial charge in [-0.05, 0) is 50.2 Å². The lowest BCUT2D eigenvalue weighted by Crippen LogP contribution is -2.28. The summed E-state index contributed by atoms with van der Waals surface area (Å²) in [5.41, 5.74) is 1.25. The second kappa shape index (κ2) is 10.1. The van der Waals surface area contributed by atoms with Crippen LogP contribution < -0.4 is 10.9 Å². The number of hydrogen-bond acceptors (Lipinski definition) is 7. The molecule has 3 aromatic rings. The number of benzene rings is 1. The number of fused-ring (bicyclic) bond motifs is 3. The van der Waals surface area contributed by atoms with Crippen LogP contribution in [0.15, 0.2) is 28.2 Å². The van der Waals surface area contributed by atoms with Gasteiger partial charge in [0.25, 0.3) is 11.2 Å². The summed E-state index contributed by atoms with van der Waals surface area (Å²) in [5, 5.41) is 14.4. The molecule has 1 aliphatic carbocycles. The molecule has 0 saturated heterocycles. The predicted octanol–water partition coefficient (Wildman–Crippen LogP) is 5.67. The second-order valence-electron chi connectivity index (χ2n) is 8.77. The molecule has 8 nitrogen and oxygen atoms in total. The highest BCUT2D eigenvalue weighted by atomic mass is 35.5. The SMILES string of the molecule is CC(C)Cn1c(S[C@H](C)C(=O)Nc2ccc([N+](=O)[O-])cc2Cl)nc2sc3c(c2c1=O)CCCC3. The molecule has 0 radical (unpaired) electrons. The van der Waals surface area contributed by atoms with Crippen LogP contribution in [0, 0.1) is 16.0 Å². The number of amides is 1. The fourth-order valence-corrected chi connectivity index (χ4v) is 6.44. The van der Waals surface area contributed by atoms with Crippen LogP contribution in [0.25, 0.3) is 10.2 Å². The number of carbonyl (C=O) groups excluding carboxylic acids is 1. The number of nitro benzene ring substituents is 1. The summed E-state index contributed by atoms with van der Waals surface area (Å²) in [7, 11) is 0. The maximum absolute atomic E-state index is 13.5. The van der Waals surface area contributed by atoms with Crippen molar-refractivity contribution >= 4 is 62.2 Å². The van der Waals surface area contributed by atoms with E-state index in [0.717, 1.165) is 41.5 Å². The number of thiophene rings is 1. The molecule has 0 bridgehead atoms. The molecule has 2 heterocycles. The third-order valence-electron chi connectivity index (χ3n) is 5.66. The maximum Gasteiger partial charge on any atom is 0.271 e. The Morgan fingerprint density at radius 3 is 2.74 bits per heavy atom. The number of halogens is 1. The third kappa shape index (κ3) is 4.99. The highest BCUT2D eigenvalue weighted by Gasteiger charge is 2.25. The lowest BCUT2D eigenvalue weighted by atomic mass is 9.97. The van der Waals surface area contributed by atoms with Crippen LogP contribution in [0.5, 0.6) is 0 Å². The number of thioether (sulfide) groups is 1. The molecule has 0 saturated carbocycles. The Bertz CT molecular complexity index is 1330. The second-order valence-corrected chi connectivity index (χ2v) is 11.6. The van der Waals surface area contributed by atoms with Crippen LogP contribution in [0.4, 0.5) is 11.4 Å². The Hall–Kier alpha value is -2.43. The van der Waals surface area contributed by atoms with Crippen molar-refractivity contribution in [1.29, 1.82) is 0 Å². The standard InChI is InChI=1S/C23H25ClN4O4S2/c1-12(2)11-27-22(30)19-15-6-4-5-7-18(15)34-21(19)26-23(27)33-13(3)20(29)25-17-9-8-14(28(31)32)10-16(17)24/h8-10,12-13H,4-7,11H2,1-3H3,(H,25,29)/t13-/m1/s1. The fourth-order valence-electron chi connectivity index (χ4n) is 4.00. The van der Waals surface area contributed by atoms with Crippen molar-refractivity contribution < 1.29 is 9.72 Å². The lowest BCUT2D eigenvalue weighted by molar-refractivity contribution is -0.384. The minimum atomic E-state index is -0.580. The first-order valence-corrected chi connectivity index (χ1v) is 13.2. The molecule has 1 aliphatic rings. The van der Waals surface area contributed by atoms with Crippen molar-refractivity contribution in [1.82, 2.24) is 9.55 Å². The number of carbonyl (C=O) groups is 1. The first kappa shape index (κ1) is 24.7. The van der Waals surface area contributed by atoms with E-state index in [0.29, 0.717) is 17.4 Å². The first-order chi connectivity index (χ1) is 16.2. The minimum Gasteiger partial charge on any atom is -0.324 e. The molecule has 1 amide bonds. The number of nitrogens with one attached hydrogen (secondary N) is 1. The quantitative estimate of drug-likeness (QED) is 0.186. The van der Waals surface area contributed by atoms with Gasteiger partial charge in [-0.2, -0.15) is 0 Å². The van der Waals surface area contributed by atoms with E-state index in [1.165, 1.54) is 34.8 Å². The van der Waals surface area contributed by atoms with Crippen molar-refractivity contribution in [3.8, 4) is 0 Å². The van der Waals surface area contributed by atoms with Crippen molar-refractivity contribution in [2.24, 2.45) is 5.92 Å². The van der Waals surface area contributed by atoms with Gasteiger partial charge in [0.2, 0.25) is 5.91 Å². The van der Waals surface area contributed by atoms with E-state index in [4.69, 9.17) is 16.6 Å². The number of non-ortho nitro benzene ring substituents is 1. The molecule has 0 unspecified atom stereocenters. The Kier molecular flexibility index (Phi) is 7.30. The number of nitro groups is 1. The summed E-state index contributed by atoms with van der Waals surface area (Å²) in [6.07, 6.45) is 4.11. The van der Waals surface area contributed by atoms with Crippen molar-refractivity contribution in [3.63, 3.8) is 0 Å². The molecule has 0 spiro atoms. The lowest BCUT2D eigenvalue weighted by Gasteiger charge is -2.17. The van der Waals surface area contributed by atoms with Crippen LogP contribution >= 0.6 is 34.7 Å². The molecule has 2 aromatic heterocycles. The van der Waals surface area contributed by atoms with Crippen molar-refractivity contribution in [2.75, 3.05) is 5.32 Å². The molecular formula is C23H25ClN4O4S2. The predicted molar refractivity (Wildman–Crippen MR) is 137 cm³/mol. The van der Waals surface area contributed by atoms with Gasteiger partial charge in [0.05, 0.1) is 26.3 Å². The van der Waals surface area contributed by atoms with Crippen LogP contribution in [-0.4, -0.2) is 25.6 Å². The minimum absolute atomic E-state index is 0.0355. The first-order valence-electron chi connectivity index (χ1n) is 11.1. The van der Waals surface area contributed by atoms with Crippen LogP contribution in [0.3, 0.4) is 0 Å². The van der Waals surface area contributed by atoms with Gasteiger partial charge in [-0.3, -0.25) is 24.3 Å². The maximum atomic E-state index is 13.5. The Balaban J connectivity index is 1.63. The molecule has 11 heteroatoms. The summed E-state index contributed by atoms with van der Waals surface area (Å²) < 4.78 is 1.70. The normalized spacial score (nSPS) is 14.3. The summed E-state index contributed by atoms with van der Waals surface area (Å²) in [6, 6.07) is 3.89. The van der Waals surface area contributed by atoms with E-state index in [-0.39, 0.29) is 28.1 Å². The van der Waals surface area contributed by atoms with E-state index in [9.17, 15) is 19.7 Å². The number of aromatic nitrogens is 2. The van der Waals surface area contributed by atoms with Crippen molar-refractivity contribution in [3.05, 3.63) is 54.1 Å². The summed E-state index contributed by atoms with van der Waals surface area (Å²) in [6.45, 7) is 6.33.